The van der Waals surface area contributed by atoms with E-state index in [1.54, 1.807) is 31.4 Å². The summed E-state index contributed by atoms with van der Waals surface area (Å²) in [5, 5.41) is 0. The monoisotopic (exact) mass is 494 g/mol. The second kappa shape index (κ2) is 12.7. The molecule has 1 amide bonds. The number of methoxy groups -OCH3 is 1. The maximum absolute atomic E-state index is 13.6. The molecule has 0 saturated carbocycles. The molecule has 192 valence electrons. The number of anilines is 2. The van der Waals surface area contributed by atoms with Gasteiger partial charge in [0.15, 0.2) is 5.69 Å². The number of hydrogen-bond acceptors (Lipinski definition) is 6. The number of nitrogens with zero attached hydrogens (tertiary/aromatic N) is 2. The van der Waals surface area contributed by atoms with Crippen molar-refractivity contribution in [3.8, 4) is 5.75 Å². The van der Waals surface area contributed by atoms with Gasteiger partial charge < -0.3 is 20.1 Å². The zero-order chi connectivity index (χ0) is 26.1. The molecule has 0 saturated heterocycles. The van der Waals surface area contributed by atoms with Crippen molar-refractivity contribution in [1.29, 1.82) is 0 Å². The van der Waals surface area contributed by atoms with Gasteiger partial charge in [-0.2, -0.15) is 0 Å². The minimum Gasteiger partial charge on any atom is -0.494 e. The highest BCUT2D eigenvalue weighted by atomic mass is 16.5. The third-order valence-electron chi connectivity index (χ3n) is 5.71. The Morgan fingerprint density at radius 2 is 1.75 bits per heavy atom. The van der Waals surface area contributed by atoms with Gasteiger partial charge in [-0.3, -0.25) is 19.1 Å². The number of H-pyrrole nitrogens is 1. The van der Waals surface area contributed by atoms with Crippen molar-refractivity contribution >= 4 is 17.4 Å². The molecule has 3 aromatic rings. The van der Waals surface area contributed by atoms with Crippen molar-refractivity contribution in [3.05, 3.63) is 86.6 Å². The Balaban J connectivity index is 1.94. The SMILES string of the molecule is COCCCN(C(=O)c1ccc(OCCC(C)C)cc1)c1c(N)n(Cc2ccccc2)c(=O)[nH]c1=O. The zero-order valence-electron chi connectivity index (χ0n) is 21.0. The summed E-state index contributed by atoms with van der Waals surface area (Å²) in [7, 11) is 1.56. The van der Waals surface area contributed by atoms with E-state index in [0.717, 1.165) is 12.0 Å². The summed E-state index contributed by atoms with van der Waals surface area (Å²) < 4.78 is 12.1. The smallest absolute Gasteiger partial charge is 0.330 e. The molecule has 0 radical (unpaired) electrons. The summed E-state index contributed by atoms with van der Waals surface area (Å²) >= 11 is 0. The van der Waals surface area contributed by atoms with Gasteiger partial charge in [0.2, 0.25) is 0 Å². The lowest BCUT2D eigenvalue weighted by atomic mass is 10.1. The Hall–Kier alpha value is -3.85. The van der Waals surface area contributed by atoms with Crippen LogP contribution in [0.5, 0.6) is 5.75 Å². The first-order valence-corrected chi connectivity index (χ1v) is 12.0. The molecule has 9 nitrogen and oxygen atoms in total. The van der Waals surface area contributed by atoms with E-state index in [2.05, 4.69) is 18.8 Å². The van der Waals surface area contributed by atoms with E-state index in [0.29, 0.717) is 36.9 Å². The second-order valence-corrected chi connectivity index (χ2v) is 8.92. The van der Waals surface area contributed by atoms with E-state index in [1.165, 1.54) is 9.47 Å². The molecular formula is C27H34N4O5. The maximum Gasteiger partial charge on any atom is 0.330 e. The van der Waals surface area contributed by atoms with Gasteiger partial charge in [0.05, 0.1) is 13.2 Å². The van der Waals surface area contributed by atoms with E-state index in [-0.39, 0.29) is 24.6 Å². The zero-order valence-corrected chi connectivity index (χ0v) is 21.0. The fraction of sp³-hybridized carbons (Fsp3) is 0.370. The molecule has 3 rings (SSSR count). The van der Waals surface area contributed by atoms with Crippen molar-refractivity contribution in [3.63, 3.8) is 0 Å². The van der Waals surface area contributed by atoms with Crippen molar-refractivity contribution in [2.24, 2.45) is 5.92 Å². The molecule has 36 heavy (non-hydrogen) atoms. The van der Waals surface area contributed by atoms with Crippen LogP contribution in [-0.4, -0.2) is 42.3 Å². The van der Waals surface area contributed by atoms with Crippen LogP contribution in [0.4, 0.5) is 11.5 Å². The number of nitrogens with one attached hydrogen (secondary N) is 1. The van der Waals surface area contributed by atoms with Gasteiger partial charge in [-0.1, -0.05) is 44.2 Å². The summed E-state index contributed by atoms with van der Waals surface area (Å²) in [5.74, 6) is 0.695. The minimum atomic E-state index is -0.721. The Kier molecular flexibility index (Phi) is 9.46. The number of rotatable bonds is 12. The third-order valence-corrected chi connectivity index (χ3v) is 5.71. The van der Waals surface area contributed by atoms with Crippen molar-refractivity contribution < 1.29 is 14.3 Å². The third kappa shape index (κ3) is 6.85. The molecule has 1 heterocycles. The summed E-state index contributed by atoms with van der Waals surface area (Å²) in [6.07, 6.45) is 1.39. The second-order valence-electron chi connectivity index (χ2n) is 8.92. The molecule has 0 spiro atoms. The Morgan fingerprint density at radius 3 is 2.39 bits per heavy atom. The molecule has 9 heteroatoms. The van der Waals surface area contributed by atoms with Crippen molar-refractivity contribution in [1.82, 2.24) is 9.55 Å². The number of aromatic nitrogens is 2. The molecule has 0 aliphatic carbocycles. The number of ether oxygens (including phenoxy) is 2. The van der Waals surface area contributed by atoms with Gasteiger partial charge in [-0.05, 0) is 48.6 Å². The molecule has 0 aliphatic rings. The van der Waals surface area contributed by atoms with Gasteiger partial charge in [-0.25, -0.2) is 4.79 Å². The van der Waals surface area contributed by atoms with Gasteiger partial charge in [0.25, 0.3) is 11.5 Å². The molecule has 3 N–H and O–H groups in total. The number of carbonyl (C=O) groups is 1. The van der Waals surface area contributed by atoms with E-state index in [9.17, 15) is 14.4 Å². The van der Waals surface area contributed by atoms with Crippen LogP contribution >= 0.6 is 0 Å². The van der Waals surface area contributed by atoms with Crippen LogP contribution in [0.25, 0.3) is 0 Å². The first-order chi connectivity index (χ1) is 17.3. The number of nitrogen functional groups attached to an aromatic ring is 1. The van der Waals surface area contributed by atoms with Crippen molar-refractivity contribution in [2.75, 3.05) is 37.5 Å². The van der Waals surface area contributed by atoms with E-state index in [4.69, 9.17) is 15.2 Å². The number of aromatic amines is 1. The highest BCUT2D eigenvalue weighted by Gasteiger charge is 2.25. The van der Waals surface area contributed by atoms with Gasteiger partial charge in [-0.15, -0.1) is 0 Å². The molecule has 0 bridgehead atoms. The quantitative estimate of drug-likeness (QED) is 0.373. The first-order valence-electron chi connectivity index (χ1n) is 12.0. The molecule has 2 aromatic carbocycles. The lowest BCUT2D eigenvalue weighted by molar-refractivity contribution is 0.0983. The van der Waals surface area contributed by atoms with Crippen LogP contribution in [0.3, 0.4) is 0 Å². The highest BCUT2D eigenvalue weighted by Crippen LogP contribution is 2.22. The Morgan fingerprint density at radius 1 is 1.06 bits per heavy atom. The van der Waals surface area contributed by atoms with Crippen LogP contribution in [0.1, 0.15) is 42.6 Å². The lowest BCUT2D eigenvalue weighted by Gasteiger charge is -2.24. The number of carbonyl (C=O) groups excluding carboxylic acids is 1. The fourth-order valence-corrected chi connectivity index (χ4v) is 3.71. The predicted molar refractivity (Wildman–Crippen MR) is 141 cm³/mol. The van der Waals surface area contributed by atoms with Gasteiger partial charge >= 0.3 is 5.69 Å². The first kappa shape index (κ1) is 26.7. The standard InChI is InChI=1S/C27H34N4O5/c1-19(2)14-17-36-22-12-10-21(11-13-22)26(33)30(15-7-16-35-3)23-24(28)31(27(34)29-25(23)32)18-20-8-5-4-6-9-20/h4-6,8-13,19H,7,14-18,28H2,1-3H3,(H,29,32,34). The van der Waals surface area contributed by atoms with Crippen LogP contribution in [-0.2, 0) is 11.3 Å². The van der Waals surface area contributed by atoms with E-state index >= 15 is 0 Å². The van der Waals surface area contributed by atoms with Crippen LogP contribution in [0.15, 0.2) is 64.2 Å². The van der Waals surface area contributed by atoms with Crippen LogP contribution in [0.2, 0.25) is 0 Å². The van der Waals surface area contributed by atoms with Gasteiger partial charge in [0.1, 0.15) is 11.6 Å². The minimum absolute atomic E-state index is 0.0658. The summed E-state index contributed by atoms with van der Waals surface area (Å²) in [6, 6.07) is 16.0. The topological polar surface area (TPSA) is 120 Å². The summed E-state index contributed by atoms with van der Waals surface area (Å²) in [6.45, 7) is 5.55. The molecule has 0 aliphatic heterocycles. The summed E-state index contributed by atoms with van der Waals surface area (Å²) in [4.78, 5) is 42.7. The number of benzene rings is 2. The van der Waals surface area contributed by atoms with Crippen LogP contribution in [0, 0.1) is 5.92 Å². The Labute approximate surface area is 210 Å². The molecule has 1 aromatic heterocycles. The Bertz CT molecular complexity index is 1250. The molecule has 0 unspecified atom stereocenters. The maximum atomic E-state index is 13.6. The average molecular weight is 495 g/mol. The largest absolute Gasteiger partial charge is 0.494 e. The van der Waals surface area contributed by atoms with Gasteiger partial charge in [0, 0.05) is 25.8 Å². The van der Waals surface area contributed by atoms with E-state index < -0.39 is 17.2 Å². The fourth-order valence-electron chi connectivity index (χ4n) is 3.71. The number of amides is 1. The number of hydrogen-bond donors (Lipinski definition) is 2. The summed E-state index contributed by atoms with van der Waals surface area (Å²) in [5.41, 5.74) is 6.12. The average Bonchev–Trinajstić information content (AvgIpc) is 2.86. The normalized spacial score (nSPS) is 11.0. The molecule has 0 fully saturated rings. The molecule has 0 atom stereocenters. The lowest BCUT2D eigenvalue weighted by Crippen LogP contribution is -2.42. The predicted octanol–water partition coefficient (Wildman–Crippen LogP) is 3.28. The van der Waals surface area contributed by atoms with Crippen molar-refractivity contribution in [2.45, 2.75) is 33.2 Å². The highest BCUT2D eigenvalue weighted by molar-refractivity contribution is 6.07. The number of nitrogens with two attached hydrogens (primary N) is 1. The van der Waals surface area contributed by atoms with Crippen LogP contribution < -0.4 is 26.6 Å². The van der Waals surface area contributed by atoms with E-state index in [1.807, 2.05) is 30.3 Å². The molecular weight excluding hydrogens is 460 g/mol.